The van der Waals surface area contributed by atoms with E-state index < -0.39 is 0 Å². The smallest absolute Gasteiger partial charge is 0.133 e. The van der Waals surface area contributed by atoms with E-state index in [9.17, 15) is 0 Å². The van der Waals surface area contributed by atoms with Gasteiger partial charge < -0.3 is 5.32 Å². The molecule has 1 N–H and O–H groups in total. The zero-order valence-electron chi connectivity index (χ0n) is 12.3. The van der Waals surface area contributed by atoms with Crippen molar-refractivity contribution in [1.29, 1.82) is 0 Å². The summed E-state index contributed by atoms with van der Waals surface area (Å²) in [6.45, 7) is 7.62. The van der Waals surface area contributed by atoms with Gasteiger partial charge >= 0.3 is 0 Å². The number of nitrogens with one attached hydrogen (secondary N) is 1. The van der Waals surface area contributed by atoms with Crippen molar-refractivity contribution in [1.82, 2.24) is 9.97 Å². The van der Waals surface area contributed by atoms with Gasteiger partial charge in [0.2, 0.25) is 0 Å². The number of rotatable bonds is 6. The lowest BCUT2D eigenvalue weighted by Gasteiger charge is -2.18. The van der Waals surface area contributed by atoms with Gasteiger partial charge in [0.05, 0.1) is 0 Å². The van der Waals surface area contributed by atoms with Crippen molar-refractivity contribution in [2.45, 2.75) is 69.1 Å². The number of anilines is 1. The van der Waals surface area contributed by atoms with Gasteiger partial charge in [-0.3, -0.25) is 0 Å². The molecule has 0 saturated heterocycles. The first kappa shape index (κ1) is 14.6. The van der Waals surface area contributed by atoms with E-state index in [2.05, 4.69) is 36.1 Å². The molecular weight excluding hydrogens is 254 g/mol. The Morgan fingerprint density at radius 3 is 2.68 bits per heavy atom. The first-order valence-corrected chi connectivity index (χ1v) is 8.35. The molecule has 19 heavy (non-hydrogen) atoms. The summed E-state index contributed by atoms with van der Waals surface area (Å²) in [5.74, 6) is 1.50. The Kier molecular flexibility index (Phi) is 5.49. The maximum Gasteiger partial charge on any atom is 0.133 e. The van der Waals surface area contributed by atoms with E-state index in [-0.39, 0.29) is 0 Å². The Bertz CT molecular complexity index is 400. The number of hydrogen-bond donors (Lipinski definition) is 1. The fraction of sp³-hybridized carbons (Fsp3) is 0.733. The number of nitrogens with zero attached hydrogens (tertiary/aromatic N) is 2. The van der Waals surface area contributed by atoms with Gasteiger partial charge in [-0.1, -0.05) is 33.6 Å². The molecule has 0 unspecified atom stereocenters. The van der Waals surface area contributed by atoms with Crippen molar-refractivity contribution in [2.75, 3.05) is 11.9 Å². The Balaban J connectivity index is 2.20. The highest BCUT2D eigenvalue weighted by atomic mass is 32.2. The largest absolute Gasteiger partial charge is 0.370 e. The number of thioether (sulfide) groups is 1. The topological polar surface area (TPSA) is 37.8 Å². The lowest BCUT2D eigenvalue weighted by Crippen LogP contribution is -2.09. The molecule has 1 saturated carbocycles. The van der Waals surface area contributed by atoms with E-state index in [1.807, 2.05) is 11.8 Å². The summed E-state index contributed by atoms with van der Waals surface area (Å²) in [4.78, 5) is 8.98. The Morgan fingerprint density at radius 2 is 2.05 bits per heavy atom. The Hall–Kier alpha value is -0.770. The summed E-state index contributed by atoms with van der Waals surface area (Å²) in [7, 11) is 0. The normalized spacial score (nSPS) is 16.2. The van der Waals surface area contributed by atoms with Crippen molar-refractivity contribution in [3.63, 3.8) is 0 Å². The Morgan fingerprint density at radius 1 is 1.32 bits per heavy atom. The van der Waals surface area contributed by atoms with Crippen LogP contribution in [0.3, 0.4) is 0 Å². The van der Waals surface area contributed by atoms with Crippen LogP contribution in [-0.2, 0) is 0 Å². The summed E-state index contributed by atoms with van der Waals surface area (Å²) in [6.07, 6.45) is 8.25. The minimum absolute atomic E-state index is 0.462. The van der Waals surface area contributed by atoms with Crippen LogP contribution in [0, 0.1) is 0 Å². The van der Waals surface area contributed by atoms with Crippen LogP contribution in [0.2, 0.25) is 0 Å². The molecule has 0 amide bonds. The van der Waals surface area contributed by atoms with Crippen molar-refractivity contribution < 1.29 is 0 Å². The molecule has 1 aromatic rings. The van der Waals surface area contributed by atoms with Crippen LogP contribution in [0.5, 0.6) is 0 Å². The summed E-state index contributed by atoms with van der Waals surface area (Å²) in [6, 6.07) is 0. The van der Waals surface area contributed by atoms with E-state index in [1.54, 1.807) is 6.33 Å². The van der Waals surface area contributed by atoms with Crippen LogP contribution < -0.4 is 5.32 Å². The first-order chi connectivity index (χ1) is 9.22. The van der Waals surface area contributed by atoms with E-state index in [1.165, 1.54) is 36.3 Å². The Labute approximate surface area is 121 Å². The van der Waals surface area contributed by atoms with Crippen LogP contribution in [0.4, 0.5) is 5.82 Å². The highest BCUT2D eigenvalue weighted by molar-refractivity contribution is 7.99. The molecule has 1 fully saturated rings. The summed E-state index contributed by atoms with van der Waals surface area (Å²) in [5, 5.41) is 5.39. The molecule has 2 rings (SSSR count). The molecule has 0 atom stereocenters. The second-order valence-electron chi connectivity index (χ2n) is 5.55. The van der Waals surface area contributed by atoms with Gasteiger partial charge in [0, 0.05) is 17.4 Å². The van der Waals surface area contributed by atoms with Crippen LogP contribution in [0.25, 0.3) is 0 Å². The van der Waals surface area contributed by atoms with Crippen molar-refractivity contribution in [3.05, 3.63) is 11.9 Å². The molecule has 0 radical (unpaired) electrons. The molecule has 0 spiro atoms. The maximum absolute atomic E-state index is 4.54. The van der Waals surface area contributed by atoms with Crippen LogP contribution in [0.1, 0.15) is 64.4 Å². The van der Waals surface area contributed by atoms with Gasteiger partial charge in [0.25, 0.3) is 0 Å². The van der Waals surface area contributed by atoms with Gasteiger partial charge in [-0.25, -0.2) is 9.97 Å². The van der Waals surface area contributed by atoms with Gasteiger partial charge in [-0.15, -0.1) is 11.8 Å². The second kappa shape index (κ2) is 7.13. The van der Waals surface area contributed by atoms with Crippen LogP contribution >= 0.6 is 11.8 Å². The van der Waals surface area contributed by atoms with E-state index in [4.69, 9.17) is 0 Å². The molecule has 106 valence electrons. The molecule has 1 heterocycles. The number of aromatic nitrogens is 2. The lowest BCUT2D eigenvalue weighted by atomic mass is 10.1. The number of hydrogen-bond acceptors (Lipinski definition) is 4. The minimum atomic E-state index is 0.462. The van der Waals surface area contributed by atoms with Gasteiger partial charge in [-0.05, 0) is 25.2 Å². The molecule has 3 nitrogen and oxygen atoms in total. The van der Waals surface area contributed by atoms with Crippen molar-refractivity contribution >= 4 is 17.6 Å². The molecule has 1 aliphatic carbocycles. The van der Waals surface area contributed by atoms with Crippen LogP contribution in [-0.4, -0.2) is 21.8 Å². The van der Waals surface area contributed by atoms with Crippen molar-refractivity contribution in [2.24, 2.45) is 0 Å². The third kappa shape index (κ3) is 3.85. The first-order valence-electron chi connectivity index (χ1n) is 7.47. The summed E-state index contributed by atoms with van der Waals surface area (Å²) < 4.78 is 0. The monoisotopic (exact) mass is 279 g/mol. The predicted octanol–water partition coefficient (Wildman–Crippen LogP) is 4.46. The van der Waals surface area contributed by atoms with Crippen LogP contribution in [0.15, 0.2) is 11.4 Å². The second-order valence-corrected chi connectivity index (χ2v) is 6.84. The van der Waals surface area contributed by atoms with E-state index in [0.717, 1.165) is 24.0 Å². The summed E-state index contributed by atoms with van der Waals surface area (Å²) in [5.41, 5.74) is 1.30. The van der Waals surface area contributed by atoms with Crippen molar-refractivity contribution in [3.8, 4) is 0 Å². The molecule has 0 aliphatic heterocycles. The standard InChI is InChI=1S/C15H25N3S/c1-4-9-16-14-13(11(2)3)15(18-10-17-14)19-12-7-5-6-8-12/h10-12H,4-9H2,1-3H3,(H,16,17,18). The molecule has 0 aromatic carbocycles. The molecule has 4 heteroatoms. The molecule has 1 aromatic heterocycles. The summed E-state index contributed by atoms with van der Waals surface area (Å²) >= 11 is 1.96. The van der Waals surface area contributed by atoms with E-state index >= 15 is 0 Å². The average molecular weight is 279 g/mol. The zero-order valence-corrected chi connectivity index (χ0v) is 13.1. The van der Waals surface area contributed by atoms with Gasteiger partial charge in [0.15, 0.2) is 0 Å². The predicted molar refractivity (Wildman–Crippen MR) is 83.0 cm³/mol. The molecule has 0 bridgehead atoms. The fourth-order valence-electron chi connectivity index (χ4n) is 2.54. The minimum Gasteiger partial charge on any atom is -0.370 e. The molecular formula is C15H25N3S. The molecule has 1 aliphatic rings. The zero-order chi connectivity index (χ0) is 13.7. The maximum atomic E-state index is 4.54. The fourth-order valence-corrected chi connectivity index (χ4v) is 3.99. The van der Waals surface area contributed by atoms with Gasteiger partial charge in [0.1, 0.15) is 17.2 Å². The average Bonchev–Trinajstić information content (AvgIpc) is 2.89. The highest BCUT2D eigenvalue weighted by Crippen LogP contribution is 2.38. The SMILES string of the molecule is CCCNc1ncnc(SC2CCCC2)c1C(C)C. The quantitative estimate of drug-likeness (QED) is 0.780. The lowest BCUT2D eigenvalue weighted by molar-refractivity contribution is 0.795. The third-order valence-electron chi connectivity index (χ3n) is 3.55. The highest BCUT2D eigenvalue weighted by Gasteiger charge is 2.21. The third-order valence-corrected chi connectivity index (χ3v) is 4.90. The van der Waals surface area contributed by atoms with E-state index in [0.29, 0.717) is 5.92 Å². The van der Waals surface area contributed by atoms with Gasteiger partial charge in [-0.2, -0.15) is 0 Å².